The van der Waals surface area contributed by atoms with Crippen LogP contribution in [0.25, 0.3) is 5.57 Å². The van der Waals surface area contributed by atoms with Crippen LogP contribution in [0.5, 0.6) is 0 Å². The first kappa shape index (κ1) is 15.9. The van der Waals surface area contributed by atoms with Crippen molar-refractivity contribution in [3.05, 3.63) is 40.9 Å². The number of rotatable bonds is 1. The van der Waals surface area contributed by atoms with Crippen LogP contribution in [-0.2, 0) is 4.74 Å². The van der Waals surface area contributed by atoms with E-state index in [-0.39, 0.29) is 6.09 Å². The number of nitrogens with zero attached hydrogens (tertiary/aromatic N) is 1. The van der Waals surface area contributed by atoms with Crippen LogP contribution >= 0.6 is 11.6 Å². The van der Waals surface area contributed by atoms with Crippen LogP contribution in [0.4, 0.5) is 4.79 Å². The molecule has 1 aromatic rings. The van der Waals surface area contributed by atoms with Crippen LogP contribution in [0.1, 0.15) is 39.2 Å². The minimum atomic E-state index is -0.452. The zero-order valence-electron chi connectivity index (χ0n) is 12.9. The highest BCUT2D eigenvalue weighted by Crippen LogP contribution is 2.24. The molecular formula is C17H22ClNO2. The number of hydrogen-bond donors (Lipinski definition) is 0. The molecule has 0 saturated carbocycles. The van der Waals surface area contributed by atoms with Gasteiger partial charge in [-0.15, -0.1) is 0 Å². The van der Waals surface area contributed by atoms with Crippen LogP contribution in [-0.4, -0.2) is 29.7 Å². The number of carbonyl (C=O) groups excluding carboxylic acids is 1. The third kappa shape index (κ3) is 4.78. The van der Waals surface area contributed by atoms with E-state index in [2.05, 4.69) is 6.08 Å². The largest absolute Gasteiger partial charge is 0.444 e. The number of halogens is 1. The molecule has 1 aliphatic heterocycles. The van der Waals surface area contributed by atoms with Crippen molar-refractivity contribution in [3.63, 3.8) is 0 Å². The van der Waals surface area contributed by atoms with Crippen molar-refractivity contribution < 1.29 is 9.53 Å². The van der Waals surface area contributed by atoms with Crippen molar-refractivity contribution in [3.8, 4) is 0 Å². The summed E-state index contributed by atoms with van der Waals surface area (Å²) in [4.78, 5) is 13.9. The Balaban J connectivity index is 2.06. The van der Waals surface area contributed by atoms with Gasteiger partial charge in [0.2, 0.25) is 0 Å². The summed E-state index contributed by atoms with van der Waals surface area (Å²) in [7, 11) is 0. The average Bonchev–Trinajstić information content (AvgIpc) is 2.63. The summed E-state index contributed by atoms with van der Waals surface area (Å²) in [5.41, 5.74) is 1.98. The first-order valence-corrected chi connectivity index (χ1v) is 7.66. The molecule has 21 heavy (non-hydrogen) atoms. The lowest BCUT2D eigenvalue weighted by molar-refractivity contribution is 0.0273. The summed E-state index contributed by atoms with van der Waals surface area (Å²) in [5, 5.41) is 0.739. The zero-order valence-corrected chi connectivity index (χ0v) is 13.6. The minimum absolute atomic E-state index is 0.240. The Morgan fingerprint density at radius 3 is 2.52 bits per heavy atom. The van der Waals surface area contributed by atoms with Gasteiger partial charge in [-0.3, -0.25) is 0 Å². The van der Waals surface area contributed by atoms with E-state index in [0.29, 0.717) is 6.54 Å². The smallest absolute Gasteiger partial charge is 0.410 e. The van der Waals surface area contributed by atoms with Gasteiger partial charge in [-0.25, -0.2) is 4.79 Å². The lowest BCUT2D eigenvalue weighted by Crippen LogP contribution is -2.37. The van der Waals surface area contributed by atoms with Gasteiger partial charge in [0.1, 0.15) is 5.60 Å². The Morgan fingerprint density at radius 1 is 1.24 bits per heavy atom. The molecule has 0 radical (unpaired) electrons. The normalized spacial score (nSPS) is 16.2. The van der Waals surface area contributed by atoms with Crippen LogP contribution in [0.15, 0.2) is 30.3 Å². The van der Waals surface area contributed by atoms with Gasteiger partial charge in [0.25, 0.3) is 0 Å². The van der Waals surface area contributed by atoms with Gasteiger partial charge in [0.15, 0.2) is 0 Å². The fourth-order valence-electron chi connectivity index (χ4n) is 2.29. The summed E-state index contributed by atoms with van der Waals surface area (Å²) in [6.07, 6.45) is 3.77. The molecule has 0 unspecified atom stereocenters. The molecule has 0 aliphatic carbocycles. The second-order valence-corrected chi connectivity index (χ2v) is 6.70. The van der Waals surface area contributed by atoms with Gasteiger partial charge in [0.05, 0.1) is 0 Å². The third-order valence-corrected chi connectivity index (χ3v) is 3.55. The SMILES string of the molecule is CC(C)(C)OC(=O)N1CC=C(c2ccc(Cl)cc2)CCC1. The number of amides is 1. The van der Waals surface area contributed by atoms with Crippen molar-refractivity contribution in [1.29, 1.82) is 0 Å². The van der Waals surface area contributed by atoms with E-state index in [9.17, 15) is 4.79 Å². The molecule has 0 spiro atoms. The molecule has 0 bridgehead atoms. The van der Waals surface area contributed by atoms with Crippen LogP contribution in [0, 0.1) is 0 Å². The molecule has 114 valence electrons. The van der Waals surface area contributed by atoms with Crippen molar-refractivity contribution in [2.45, 2.75) is 39.2 Å². The first-order valence-electron chi connectivity index (χ1n) is 7.28. The zero-order chi connectivity index (χ0) is 15.5. The highest BCUT2D eigenvalue weighted by atomic mass is 35.5. The Hall–Kier alpha value is -1.48. The van der Waals surface area contributed by atoms with E-state index in [1.807, 2.05) is 45.0 Å². The Morgan fingerprint density at radius 2 is 1.90 bits per heavy atom. The van der Waals surface area contributed by atoms with Crippen molar-refractivity contribution in [1.82, 2.24) is 4.90 Å². The molecular weight excluding hydrogens is 286 g/mol. The molecule has 2 rings (SSSR count). The summed E-state index contributed by atoms with van der Waals surface area (Å²) in [6, 6.07) is 7.84. The Labute approximate surface area is 131 Å². The quantitative estimate of drug-likeness (QED) is 0.749. The average molecular weight is 308 g/mol. The standard InChI is InChI=1S/C17H22ClNO2/c1-17(2,3)21-16(20)19-11-4-5-13(10-12-19)14-6-8-15(18)9-7-14/h6-10H,4-5,11-12H2,1-3H3. The van der Waals surface area contributed by atoms with Crippen molar-refractivity contribution in [2.75, 3.05) is 13.1 Å². The molecule has 3 nitrogen and oxygen atoms in total. The van der Waals surface area contributed by atoms with E-state index in [1.165, 1.54) is 11.1 Å². The fourth-order valence-corrected chi connectivity index (χ4v) is 2.42. The monoisotopic (exact) mass is 307 g/mol. The molecule has 1 aliphatic rings. The highest BCUT2D eigenvalue weighted by Gasteiger charge is 2.22. The van der Waals surface area contributed by atoms with Crippen molar-refractivity contribution in [2.24, 2.45) is 0 Å². The number of benzene rings is 1. The molecule has 0 saturated heterocycles. The molecule has 1 aromatic carbocycles. The molecule has 4 heteroatoms. The Bertz CT molecular complexity index is 529. The van der Waals surface area contributed by atoms with Gasteiger partial charge in [-0.05, 0) is 56.9 Å². The number of hydrogen-bond acceptors (Lipinski definition) is 2. The van der Waals surface area contributed by atoms with Crippen LogP contribution in [0.2, 0.25) is 5.02 Å². The third-order valence-electron chi connectivity index (χ3n) is 3.30. The topological polar surface area (TPSA) is 29.5 Å². The maximum atomic E-state index is 12.1. The molecule has 0 N–H and O–H groups in total. The lowest BCUT2D eigenvalue weighted by atomic mass is 10.0. The first-order chi connectivity index (χ1) is 9.85. The second-order valence-electron chi connectivity index (χ2n) is 6.27. The number of allylic oxidation sites excluding steroid dienone is 1. The van der Waals surface area contributed by atoms with E-state index < -0.39 is 5.60 Å². The Kier molecular flexibility index (Phi) is 4.94. The molecule has 0 atom stereocenters. The predicted molar refractivity (Wildman–Crippen MR) is 86.5 cm³/mol. The van der Waals surface area contributed by atoms with Crippen LogP contribution < -0.4 is 0 Å². The molecule has 0 fully saturated rings. The van der Waals surface area contributed by atoms with Gasteiger partial charge in [-0.1, -0.05) is 29.8 Å². The second kappa shape index (κ2) is 6.52. The number of ether oxygens (including phenoxy) is 1. The summed E-state index contributed by atoms with van der Waals surface area (Å²) >= 11 is 5.92. The summed E-state index contributed by atoms with van der Waals surface area (Å²) < 4.78 is 5.43. The summed E-state index contributed by atoms with van der Waals surface area (Å²) in [5.74, 6) is 0. The molecule has 0 aromatic heterocycles. The van der Waals surface area contributed by atoms with Gasteiger partial charge in [-0.2, -0.15) is 0 Å². The maximum Gasteiger partial charge on any atom is 0.410 e. The molecule has 1 heterocycles. The highest BCUT2D eigenvalue weighted by molar-refractivity contribution is 6.30. The van der Waals surface area contributed by atoms with E-state index >= 15 is 0 Å². The maximum absolute atomic E-state index is 12.1. The lowest BCUT2D eigenvalue weighted by Gasteiger charge is -2.25. The molecule has 1 amide bonds. The van der Waals surface area contributed by atoms with E-state index in [4.69, 9.17) is 16.3 Å². The van der Waals surface area contributed by atoms with Gasteiger partial charge in [0, 0.05) is 18.1 Å². The van der Waals surface area contributed by atoms with Gasteiger partial charge >= 0.3 is 6.09 Å². The summed E-state index contributed by atoms with van der Waals surface area (Å²) in [6.45, 7) is 6.97. The van der Waals surface area contributed by atoms with E-state index in [1.54, 1.807) is 4.90 Å². The van der Waals surface area contributed by atoms with Gasteiger partial charge < -0.3 is 9.64 Å². The van der Waals surface area contributed by atoms with E-state index in [0.717, 1.165) is 24.4 Å². The predicted octanol–water partition coefficient (Wildman–Crippen LogP) is 4.75. The minimum Gasteiger partial charge on any atom is -0.444 e. The number of carbonyl (C=O) groups is 1. The van der Waals surface area contributed by atoms with Crippen molar-refractivity contribution >= 4 is 23.3 Å². The van der Waals surface area contributed by atoms with Crippen LogP contribution in [0.3, 0.4) is 0 Å². The fraction of sp³-hybridized carbons (Fsp3) is 0.471.